The summed E-state index contributed by atoms with van der Waals surface area (Å²) in [5.41, 5.74) is 0.264. The first-order valence-electron chi connectivity index (χ1n) is 8.64. The van der Waals surface area contributed by atoms with Gasteiger partial charge in [0.2, 0.25) is 11.6 Å². The molecule has 0 unspecified atom stereocenters. The molecule has 3 rings (SSSR count). The van der Waals surface area contributed by atoms with Crippen LogP contribution in [0, 0.1) is 10.1 Å². The molecular formula is C20H15ClN2O8. The Bertz CT molecular complexity index is 1130. The van der Waals surface area contributed by atoms with Crippen LogP contribution < -0.4 is 14.2 Å². The summed E-state index contributed by atoms with van der Waals surface area (Å²) < 4.78 is 20.8. The Labute approximate surface area is 180 Å². The zero-order valence-corrected chi connectivity index (χ0v) is 17.3. The van der Waals surface area contributed by atoms with E-state index in [1.807, 2.05) is 0 Å². The van der Waals surface area contributed by atoms with Crippen LogP contribution in [0.2, 0.25) is 5.02 Å². The Balaban J connectivity index is 2.01. The quantitative estimate of drug-likeness (QED) is 0.217. The van der Waals surface area contributed by atoms with Gasteiger partial charge in [-0.3, -0.25) is 14.9 Å². The summed E-state index contributed by atoms with van der Waals surface area (Å²) in [5.74, 6) is -0.934. The van der Waals surface area contributed by atoms with Gasteiger partial charge >= 0.3 is 11.9 Å². The smallest absolute Gasteiger partial charge is 0.363 e. The molecule has 0 bridgehead atoms. The van der Waals surface area contributed by atoms with Crippen molar-refractivity contribution in [2.45, 2.75) is 6.92 Å². The lowest BCUT2D eigenvalue weighted by Crippen LogP contribution is -2.06. The average molecular weight is 447 g/mol. The number of halogens is 1. The van der Waals surface area contributed by atoms with Gasteiger partial charge in [-0.2, -0.15) is 0 Å². The van der Waals surface area contributed by atoms with E-state index in [0.29, 0.717) is 5.56 Å². The molecule has 0 spiro atoms. The molecule has 1 aliphatic heterocycles. The molecule has 0 saturated heterocycles. The third-order valence-electron chi connectivity index (χ3n) is 4.04. The van der Waals surface area contributed by atoms with Gasteiger partial charge in [0.25, 0.3) is 5.69 Å². The summed E-state index contributed by atoms with van der Waals surface area (Å²) in [6.45, 7) is 1.24. The van der Waals surface area contributed by atoms with Crippen LogP contribution in [0.5, 0.6) is 17.2 Å². The summed E-state index contributed by atoms with van der Waals surface area (Å²) in [5, 5.41) is 11.0. The number of nitro benzene ring substituents is 1. The molecule has 0 aromatic heterocycles. The maximum Gasteiger partial charge on any atom is 0.363 e. The van der Waals surface area contributed by atoms with Crippen LogP contribution in [-0.2, 0) is 14.3 Å². The number of benzene rings is 2. The number of cyclic esters (lactones) is 1. The predicted octanol–water partition coefficient (Wildman–Crippen LogP) is 3.54. The minimum Gasteiger partial charge on any atom is -0.493 e. The van der Waals surface area contributed by atoms with Gasteiger partial charge in [0.1, 0.15) is 5.02 Å². The molecule has 0 N–H and O–H groups in total. The maximum absolute atomic E-state index is 12.3. The van der Waals surface area contributed by atoms with E-state index in [-0.39, 0.29) is 45.1 Å². The van der Waals surface area contributed by atoms with E-state index in [0.717, 1.165) is 6.07 Å². The first-order chi connectivity index (χ1) is 14.7. The van der Waals surface area contributed by atoms with E-state index in [1.54, 1.807) is 0 Å². The van der Waals surface area contributed by atoms with Gasteiger partial charge in [-0.1, -0.05) is 11.6 Å². The van der Waals surface area contributed by atoms with E-state index >= 15 is 0 Å². The van der Waals surface area contributed by atoms with Crippen molar-refractivity contribution in [3.63, 3.8) is 0 Å². The minimum absolute atomic E-state index is 0.0542. The number of carbonyl (C=O) groups is 2. The first-order valence-corrected chi connectivity index (χ1v) is 9.02. The molecule has 10 nitrogen and oxygen atoms in total. The monoisotopic (exact) mass is 446 g/mol. The van der Waals surface area contributed by atoms with E-state index in [4.69, 9.17) is 30.5 Å². The molecule has 31 heavy (non-hydrogen) atoms. The molecule has 0 aliphatic carbocycles. The second kappa shape index (κ2) is 8.84. The molecule has 2 aromatic carbocycles. The molecule has 11 heteroatoms. The van der Waals surface area contributed by atoms with E-state index in [1.165, 1.54) is 51.5 Å². The van der Waals surface area contributed by atoms with Gasteiger partial charge in [-0.25, -0.2) is 9.79 Å². The van der Waals surface area contributed by atoms with Crippen molar-refractivity contribution in [3.05, 3.63) is 62.3 Å². The fourth-order valence-electron chi connectivity index (χ4n) is 2.70. The van der Waals surface area contributed by atoms with Crippen LogP contribution in [0.4, 0.5) is 5.69 Å². The summed E-state index contributed by atoms with van der Waals surface area (Å²) in [6, 6.07) is 6.96. The van der Waals surface area contributed by atoms with E-state index in [2.05, 4.69) is 4.99 Å². The second-order valence-corrected chi connectivity index (χ2v) is 6.51. The molecule has 0 atom stereocenters. The molecule has 160 valence electrons. The van der Waals surface area contributed by atoms with E-state index < -0.39 is 16.9 Å². The highest BCUT2D eigenvalue weighted by atomic mass is 35.5. The number of rotatable bonds is 6. The summed E-state index contributed by atoms with van der Waals surface area (Å²) in [7, 11) is 2.76. The molecular weight excluding hydrogens is 432 g/mol. The van der Waals surface area contributed by atoms with Gasteiger partial charge < -0.3 is 18.9 Å². The predicted molar refractivity (Wildman–Crippen MR) is 110 cm³/mol. The molecule has 0 fully saturated rings. The van der Waals surface area contributed by atoms with Crippen molar-refractivity contribution >= 4 is 41.2 Å². The zero-order chi connectivity index (χ0) is 22.7. The number of aliphatic imine (C=N–C) groups is 1. The SMILES string of the molecule is COc1cc(/C=C2/N=C(c3ccc(Cl)c([N+](=O)[O-])c3)OC2=O)cc(OC)c1OC(C)=O. The normalized spacial score (nSPS) is 14.1. The molecule has 0 saturated carbocycles. The van der Waals surface area contributed by atoms with Crippen molar-refractivity contribution in [1.82, 2.24) is 0 Å². The van der Waals surface area contributed by atoms with Gasteiger partial charge in [0.05, 0.1) is 19.1 Å². The van der Waals surface area contributed by atoms with Crippen molar-refractivity contribution in [1.29, 1.82) is 0 Å². The van der Waals surface area contributed by atoms with E-state index in [9.17, 15) is 19.7 Å². The topological polar surface area (TPSA) is 127 Å². The summed E-state index contributed by atoms with van der Waals surface area (Å²) in [4.78, 5) is 38.2. The third-order valence-corrected chi connectivity index (χ3v) is 4.36. The minimum atomic E-state index is -0.755. The Morgan fingerprint density at radius 1 is 1.19 bits per heavy atom. The van der Waals surface area contributed by atoms with Gasteiger partial charge in [-0.05, 0) is 35.9 Å². The van der Waals surface area contributed by atoms with Gasteiger partial charge in [0, 0.05) is 18.6 Å². The Hall–Kier alpha value is -3.92. The van der Waals surface area contributed by atoms with Gasteiger partial charge in [-0.15, -0.1) is 0 Å². The number of methoxy groups -OCH3 is 2. The average Bonchev–Trinajstić information content (AvgIpc) is 3.08. The second-order valence-electron chi connectivity index (χ2n) is 6.11. The number of hydrogen-bond acceptors (Lipinski definition) is 9. The highest BCUT2D eigenvalue weighted by Gasteiger charge is 2.26. The summed E-state index contributed by atoms with van der Waals surface area (Å²) >= 11 is 5.81. The standard InChI is InChI=1S/C20H15ClN2O8/c1-10(24)30-18-16(28-2)7-11(8-17(18)29-3)6-14-20(25)31-19(22-14)12-4-5-13(21)15(9-12)23(26)27/h4-9H,1-3H3/b14-6+. The highest BCUT2D eigenvalue weighted by Crippen LogP contribution is 2.39. The van der Waals surface area contributed by atoms with Crippen LogP contribution in [0.25, 0.3) is 6.08 Å². The lowest BCUT2D eigenvalue weighted by Gasteiger charge is -2.13. The lowest BCUT2D eigenvalue weighted by atomic mass is 10.1. The van der Waals surface area contributed by atoms with Crippen LogP contribution in [0.1, 0.15) is 18.1 Å². The number of nitro groups is 1. The molecule has 0 radical (unpaired) electrons. The van der Waals surface area contributed by atoms with Crippen molar-refractivity contribution in [2.75, 3.05) is 14.2 Å². The number of ether oxygens (including phenoxy) is 4. The Kier molecular flexibility index (Phi) is 6.21. The van der Waals surface area contributed by atoms with Crippen molar-refractivity contribution < 1.29 is 33.5 Å². The molecule has 2 aromatic rings. The maximum atomic E-state index is 12.3. The molecule has 0 amide bonds. The largest absolute Gasteiger partial charge is 0.493 e. The van der Waals surface area contributed by atoms with Crippen LogP contribution in [0.15, 0.2) is 41.0 Å². The zero-order valence-electron chi connectivity index (χ0n) is 16.5. The Morgan fingerprint density at radius 3 is 2.39 bits per heavy atom. The third kappa shape index (κ3) is 4.64. The number of hydrogen-bond donors (Lipinski definition) is 0. The van der Waals surface area contributed by atoms with Gasteiger partial charge in [0.15, 0.2) is 17.2 Å². The van der Waals surface area contributed by atoms with Crippen molar-refractivity contribution in [3.8, 4) is 17.2 Å². The van der Waals surface area contributed by atoms with Crippen LogP contribution >= 0.6 is 11.6 Å². The number of carbonyl (C=O) groups excluding carboxylic acids is 2. The fourth-order valence-corrected chi connectivity index (χ4v) is 2.89. The van der Waals surface area contributed by atoms with Crippen molar-refractivity contribution in [2.24, 2.45) is 4.99 Å². The van der Waals surface area contributed by atoms with Crippen LogP contribution in [0.3, 0.4) is 0 Å². The lowest BCUT2D eigenvalue weighted by molar-refractivity contribution is -0.384. The number of nitrogens with zero attached hydrogens (tertiary/aromatic N) is 2. The highest BCUT2D eigenvalue weighted by molar-refractivity contribution is 6.32. The fraction of sp³-hybridized carbons (Fsp3) is 0.150. The van der Waals surface area contributed by atoms with Crippen LogP contribution in [-0.4, -0.2) is 37.0 Å². The Morgan fingerprint density at radius 2 is 1.84 bits per heavy atom. The molecule has 1 aliphatic rings. The summed E-state index contributed by atoms with van der Waals surface area (Å²) in [6.07, 6.45) is 1.41. The molecule has 1 heterocycles. The number of esters is 2. The first kappa shape index (κ1) is 21.8.